The summed E-state index contributed by atoms with van der Waals surface area (Å²) in [7, 11) is 0. The van der Waals surface area contributed by atoms with Crippen LogP contribution >= 0.6 is 0 Å². The van der Waals surface area contributed by atoms with Crippen molar-refractivity contribution in [1.29, 1.82) is 0 Å². The predicted octanol–water partition coefficient (Wildman–Crippen LogP) is 20.7. The summed E-state index contributed by atoms with van der Waals surface area (Å²) in [6, 6.07) is 117. The van der Waals surface area contributed by atoms with Gasteiger partial charge in [-0.1, -0.05) is 233 Å². The van der Waals surface area contributed by atoms with E-state index in [1.165, 1.54) is 83.3 Å². The number of benzene rings is 13. The molecule has 13 aromatic carbocycles. The second-order valence-corrected chi connectivity index (χ2v) is 24.1. The normalized spacial score (nSPS) is 12.5. The van der Waals surface area contributed by atoms with Gasteiger partial charge in [0.2, 0.25) is 0 Å². The van der Waals surface area contributed by atoms with Crippen molar-refractivity contribution in [2.24, 2.45) is 0 Å². The van der Waals surface area contributed by atoms with Crippen LogP contribution in [-0.4, -0.2) is 6.71 Å². The molecule has 0 spiro atoms. The second kappa shape index (κ2) is 21.0. The van der Waals surface area contributed by atoms with E-state index in [-0.39, 0.29) is 12.1 Å². The highest BCUT2D eigenvalue weighted by molar-refractivity contribution is 7.00. The number of nitrogens with zero attached hydrogens (tertiary/aromatic N) is 4. The Bertz CT molecular complexity index is 4620. The highest BCUT2D eigenvalue weighted by Gasteiger charge is 2.47. The Hall–Kier alpha value is -10.9. The Labute approximate surface area is 510 Å². The molecule has 3 aliphatic rings. The first-order chi connectivity index (χ1) is 42.8. The predicted molar refractivity (Wildman–Crippen MR) is 369 cm³/mol. The van der Waals surface area contributed by atoms with Crippen LogP contribution in [0.25, 0.3) is 55.6 Å². The number of anilines is 12. The molecule has 4 nitrogen and oxygen atoms in total. The van der Waals surface area contributed by atoms with Crippen LogP contribution in [0.5, 0.6) is 0 Å². The van der Waals surface area contributed by atoms with Crippen molar-refractivity contribution in [3.05, 3.63) is 321 Å². The SMILES string of the molecule is CC(C)(C)c1ccc(-c2ccc(N3c4cc(N(c5ccccc5)c5ccccc5)ccc4B4c5cc(-c6ccccc6)cc6c5N(c5ccc(-c7ccccc7)cc5-c5ccccc5-6)c5cc(N(c6ccccc6)c6ccccc6)cc3c54)cc2)cc1. The number of para-hydroxylation sites is 4. The number of fused-ring (bicyclic) bond motifs is 9. The van der Waals surface area contributed by atoms with E-state index < -0.39 is 0 Å². The van der Waals surface area contributed by atoms with Crippen molar-refractivity contribution >= 4 is 91.3 Å². The lowest BCUT2D eigenvalue weighted by atomic mass is 9.33. The molecule has 13 aromatic rings. The highest BCUT2D eigenvalue weighted by atomic mass is 15.2. The average molecular weight is 1110 g/mol. The lowest BCUT2D eigenvalue weighted by molar-refractivity contribution is 0.590. The van der Waals surface area contributed by atoms with Gasteiger partial charge in [-0.15, -0.1) is 0 Å². The van der Waals surface area contributed by atoms with Crippen molar-refractivity contribution in [1.82, 2.24) is 0 Å². The zero-order chi connectivity index (χ0) is 58.2. The third kappa shape index (κ3) is 8.93. The van der Waals surface area contributed by atoms with E-state index in [0.717, 1.165) is 62.6 Å². The molecular weight excluding hydrogens is 1050 g/mol. The fourth-order valence-electron chi connectivity index (χ4n) is 13.8. The lowest BCUT2D eigenvalue weighted by Crippen LogP contribution is -2.61. The van der Waals surface area contributed by atoms with E-state index in [1.54, 1.807) is 0 Å². The van der Waals surface area contributed by atoms with Crippen molar-refractivity contribution in [2.75, 3.05) is 19.6 Å². The summed E-state index contributed by atoms with van der Waals surface area (Å²) in [5.41, 5.74) is 30.2. The fraction of sp³-hybridized carbons (Fsp3) is 0.0488. The van der Waals surface area contributed by atoms with Crippen LogP contribution in [-0.2, 0) is 5.41 Å². The largest absolute Gasteiger partial charge is 0.311 e. The van der Waals surface area contributed by atoms with Crippen LogP contribution in [0.4, 0.5) is 68.2 Å². The Morgan fingerprint density at radius 1 is 0.276 bits per heavy atom. The molecule has 5 heteroatoms. The Morgan fingerprint density at radius 2 is 0.701 bits per heavy atom. The molecule has 3 aliphatic heterocycles. The first-order valence-electron chi connectivity index (χ1n) is 30.3. The summed E-state index contributed by atoms with van der Waals surface area (Å²) < 4.78 is 0. The average Bonchev–Trinajstić information content (AvgIpc) is 1.66. The molecule has 0 aliphatic carbocycles. The Kier molecular flexibility index (Phi) is 12.5. The van der Waals surface area contributed by atoms with Gasteiger partial charge in [0.05, 0.1) is 11.4 Å². The summed E-state index contributed by atoms with van der Waals surface area (Å²) in [4.78, 5) is 10.1. The molecule has 0 saturated heterocycles. The molecule has 0 amide bonds. The van der Waals surface area contributed by atoms with Gasteiger partial charge in [-0.25, -0.2) is 0 Å². The molecule has 0 fully saturated rings. The van der Waals surface area contributed by atoms with Gasteiger partial charge >= 0.3 is 0 Å². The molecular formula is C82H61BN4. The maximum atomic E-state index is 2.64. The van der Waals surface area contributed by atoms with Gasteiger partial charge in [-0.05, 0) is 175 Å². The van der Waals surface area contributed by atoms with E-state index in [4.69, 9.17) is 0 Å². The fourth-order valence-corrected chi connectivity index (χ4v) is 13.8. The quantitative estimate of drug-likeness (QED) is 0.127. The van der Waals surface area contributed by atoms with Crippen LogP contribution in [0.15, 0.2) is 315 Å². The van der Waals surface area contributed by atoms with Gasteiger partial charge in [-0.2, -0.15) is 0 Å². The smallest absolute Gasteiger partial charge is 0.252 e. The number of hydrogen-bond acceptors (Lipinski definition) is 4. The van der Waals surface area contributed by atoms with Gasteiger partial charge < -0.3 is 19.6 Å². The molecule has 0 bridgehead atoms. The van der Waals surface area contributed by atoms with Crippen LogP contribution in [0.1, 0.15) is 26.3 Å². The van der Waals surface area contributed by atoms with E-state index >= 15 is 0 Å². The summed E-state index contributed by atoms with van der Waals surface area (Å²) in [5, 5.41) is 0. The van der Waals surface area contributed by atoms with Gasteiger partial charge in [0.25, 0.3) is 6.71 Å². The Balaban J connectivity index is 1.03. The molecule has 412 valence electrons. The van der Waals surface area contributed by atoms with Gasteiger partial charge in [-0.3, -0.25) is 0 Å². The molecule has 0 aromatic heterocycles. The first kappa shape index (κ1) is 51.7. The van der Waals surface area contributed by atoms with Gasteiger partial charge in [0.15, 0.2) is 0 Å². The van der Waals surface area contributed by atoms with Crippen molar-refractivity contribution < 1.29 is 0 Å². The van der Waals surface area contributed by atoms with Gasteiger partial charge in [0.1, 0.15) is 0 Å². The third-order valence-corrected chi connectivity index (χ3v) is 17.9. The van der Waals surface area contributed by atoms with Crippen LogP contribution < -0.4 is 36.0 Å². The zero-order valence-electron chi connectivity index (χ0n) is 48.9. The second-order valence-electron chi connectivity index (χ2n) is 24.1. The minimum Gasteiger partial charge on any atom is -0.311 e. The van der Waals surface area contributed by atoms with Crippen LogP contribution in [0.2, 0.25) is 0 Å². The zero-order valence-corrected chi connectivity index (χ0v) is 48.9. The van der Waals surface area contributed by atoms with E-state index in [0.29, 0.717) is 0 Å². The first-order valence-corrected chi connectivity index (χ1v) is 30.3. The lowest BCUT2D eigenvalue weighted by Gasteiger charge is -2.46. The molecule has 16 rings (SSSR count). The van der Waals surface area contributed by atoms with E-state index in [2.05, 4.69) is 356 Å². The molecule has 0 atom stereocenters. The van der Waals surface area contributed by atoms with Gasteiger partial charge in [0, 0.05) is 68.0 Å². The minimum absolute atomic E-state index is 0.0529. The van der Waals surface area contributed by atoms with Crippen molar-refractivity contribution in [3.8, 4) is 55.6 Å². The summed E-state index contributed by atoms with van der Waals surface area (Å²) >= 11 is 0. The maximum Gasteiger partial charge on any atom is 0.252 e. The molecule has 0 radical (unpaired) electrons. The standard InChI is InChI=1S/C82H61BN4/c1-82(2,3)62-43-38-58(39-44-62)59-40-45-67(46-41-59)86-77-53-68(84(63-28-14-6-15-29-63)64-30-16-7-17-31-64)47-48-74(77)83-75-52-61(57-26-12-5-13-27-57)51-73-71-37-23-22-36-70(71)72-50-60(56-24-10-4-11-25-56)42-49-76(72)87(81(73)75)79-55-69(54-78(86)80(79)83)85(65-32-18-8-19-33-65)66-34-20-9-21-35-66/h4-55H,1-3H3. The van der Waals surface area contributed by atoms with Crippen LogP contribution in [0, 0.1) is 0 Å². The van der Waals surface area contributed by atoms with Crippen molar-refractivity contribution in [3.63, 3.8) is 0 Å². The summed E-state index contributed by atoms with van der Waals surface area (Å²) in [5.74, 6) is 0. The molecule has 3 heterocycles. The summed E-state index contributed by atoms with van der Waals surface area (Å²) in [6.07, 6.45) is 0. The Morgan fingerprint density at radius 3 is 1.24 bits per heavy atom. The topological polar surface area (TPSA) is 13.0 Å². The molecule has 0 unspecified atom stereocenters. The number of hydrogen-bond donors (Lipinski definition) is 0. The number of rotatable bonds is 10. The maximum absolute atomic E-state index is 2.64. The molecule has 87 heavy (non-hydrogen) atoms. The summed E-state index contributed by atoms with van der Waals surface area (Å²) in [6.45, 7) is 6.64. The van der Waals surface area contributed by atoms with Crippen molar-refractivity contribution in [2.45, 2.75) is 26.2 Å². The van der Waals surface area contributed by atoms with E-state index in [9.17, 15) is 0 Å². The third-order valence-electron chi connectivity index (χ3n) is 17.9. The van der Waals surface area contributed by atoms with Crippen LogP contribution in [0.3, 0.4) is 0 Å². The molecule has 0 N–H and O–H groups in total. The minimum atomic E-state index is -0.195. The van der Waals surface area contributed by atoms with E-state index in [1.807, 2.05) is 0 Å². The molecule has 0 saturated carbocycles. The highest BCUT2D eigenvalue weighted by Crippen LogP contribution is 2.56. The monoisotopic (exact) mass is 1110 g/mol.